The topological polar surface area (TPSA) is 193 Å². The van der Waals surface area contributed by atoms with Gasteiger partial charge in [0.25, 0.3) is 0 Å². The average Bonchev–Trinajstić information content (AvgIpc) is 4.20. The number of Topliss-reactive ketones (excluding diaryl/α,β-unsaturated/α-hetero) is 2. The number of rotatable bonds is 4. The van der Waals surface area contributed by atoms with E-state index in [0.29, 0.717) is 35.4 Å². The largest absolute Gasteiger partial charge is 0.457 e. The highest BCUT2D eigenvalue weighted by molar-refractivity contribution is 7.09. The lowest BCUT2D eigenvalue weighted by Gasteiger charge is -2.34. The van der Waals surface area contributed by atoms with Crippen LogP contribution in [0.5, 0.6) is 0 Å². The number of aliphatic hydroxyl groups is 4. The first kappa shape index (κ1) is 62.8. The van der Waals surface area contributed by atoms with Crippen LogP contribution in [0.25, 0.3) is 12.2 Å². The lowest BCUT2D eigenvalue weighted by molar-refractivity contribution is -0.156. The van der Waals surface area contributed by atoms with E-state index in [2.05, 4.69) is 9.97 Å². The van der Waals surface area contributed by atoms with Gasteiger partial charge in [-0.2, -0.15) is 26.3 Å². The highest BCUT2D eigenvalue weighted by Gasteiger charge is 2.52. The highest BCUT2D eigenvalue weighted by Crippen LogP contribution is 2.53. The molecule has 0 amide bonds. The lowest BCUT2D eigenvalue weighted by Crippen LogP contribution is -2.46. The molecule has 2 aromatic rings. The van der Waals surface area contributed by atoms with Gasteiger partial charge in [0, 0.05) is 46.6 Å². The van der Waals surface area contributed by atoms with Crippen molar-refractivity contribution in [2.75, 3.05) is 0 Å². The molecule has 0 unspecified atom stereocenters. The van der Waals surface area contributed by atoms with Gasteiger partial charge in [0.1, 0.15) is 23.8 Å². The number of nitrogens with zero attached hydrogens (tertiary/aromatic N) is 2. The van der Waals surface area contributed by atoms with Crippen molar-refractivity contribution in [3.8, 4) is 0 Å². The highest BCUT2D eigenvalue weighted by atomic mass is 32.1. The summed E-state index contributed by atoms with van der Waals surface area (Å²) in [6.07, 6.45) is -11.3. The van der Waals surface area contributed by atoms with E-state index in [1.54, 1.807) is 64.5 Å². The number of hydrogen-bond donors (Lipinski definition) is 4. The Morgan fingerprint density at radius 3 is 1.22 bits per heavy atom. The number of aromatic nitrogens is 2. The third kappa shape index (κ3) is 16.0. The predicted molar refractivity (Wildman–Crippen MR) is 278 cm³/mol. The first-order valence-electron chi connectivity index (χ1n) is 26.0. The van der Waals surface area contributed by atoms with Crippen molar-refractivity contribution >= 4 is 58.3 Å². The molecule has 0 radical (unpaired) electrons. The van der Waals surface area contributed by atoms with Crippen LogP contribution in [0.1, 0.15) is 142 Å². The maximum atomic E-state index is 14.0. The number of hydrogen-bond acceptors (Lipinski definition) is 14. The summed E-state index contributed by atoms with van der Waals surface area (Å²) >= 11 is 2.84. The lowest BCUT2D eigenvalue weighted by atomic mass is 9.72. The van der Waals surface area contributed by atoms with Crippen molar-refractivity contribution < 1.29 is 75.4 Å². The summed E-state index contributed by atoms with van der Waals surface area (Å²) in [4.78, 5) is 61.0. The second kappa shape index (κ2) is 24.9. The van der Waals surface area contributed by atoms with Crippen molar-refractivity contribution in [3.05, 3.63) is 66.6 Å². The van der Waals surface area contributed by atoms with Gasteiger partial charge in [0.2, 0.25) is 0 Å². The minimum absolute atomic E-state index is 0.143. The summed E-state index contributed by atoms with van der Waals surface area (Å²) in [7, 11) is 0. The predicted octanol–water partition coefficient (Wildman–Crippen LogP) is 11.3. The first-order chi connectivity index (χ1) is 35.0. The van der Waals surface area contributed by atoms with E-state index in [1.807, 2.05) is 13.8 Å². The fraction of sp³-hybridized carbons (Fsp3) is 0.679. The molecule has 2 aromatic heterocycles. The van der Waals surface area contributed by atoms with Gasteiger partial charge in [0.05, 0.1) is 69.5 Å². The van der Waals surface area contributed by atoms with Crippen LogP contribution in [-0.2, 0) is 28.7 Å². The molecule has 14 atom stereocenters. The number of allylic oxidation sites excluding steroid dienone is 2. The Hall–Kier alpha value is -4.08. The van der Waals surface area contributed by atoms with Gasteiger partial charge in [-0.3, -0.25) is 19.2 Å². The van der Waals surface area contributed by atoms with Gasteiger partial charge in [-0.05, 0) is 112 Å². The number of aliphatic hydroxyl groups excluding tert-OH is 4. The molecule has 2 aliphatic heterocycles. The second-order valence-electron chi connectivity index (χ2n) is 22.9. The zero-order valence-electron chi connectivity index (χ0n) is 45.4. The maximum Gasteiger partial charge on any atom is 0.412 e. The second-order valence-corrected chi connectivity index (χ2v) is 25.0. The van der Waals surface area contributed by atoms with E-state index in [4.69, 9.17) is 9.47 Å². The van der Waals surface area contributed by atoms with Crippen LogP contribution in [0.15, 0.2) is 45.2 Å². The number of halogens is 6. The summed E-state index contributed by atoms with van der Waals surface area (Å²) in [6, 6.07) is 0. The fourth-order valence-corrected chi connectivity index (χ4v) is 11.8. The van der Waals surface area contributed by atoms with Gasteiger partial charge >= 0.3 is 24.3 Å². The number of fused-ring (bicyclic) bond motifs is 2. The van der Waals surface area contributed by atoms with Crippen LogP contribution in [0.4, 0.5) is 26.3 Å². The fourth-order valence-electron chi connectivity index (χ4n) is 10.7. The van der Waals surface area contributed by atoms with E-state index in [-0.39, 0.29) is 49.4 Å². The average molecular weight is 1120 g/mol. The van der Waals surface area contributed by atoms with Crippen LogP contribution < -0.4 is 0 Å². The Morgan fingerprint density at radius 2 is 0.934 bits per heavy atom. The smallest absolute Gasteiger partial charge is 0.412 e. The normalized spacial score (nSPS) is 35.2. The van der Waals surface area contributed by atoms with Crippen molar-refractivity contribution in [1.82, 2.24) is 9.97 Å². The monoisotopic (exact) mass is 1110 g/mol. The Bertz CT molecular complexity index is 2360. The quantitative estimate of drug-likeness (QED) is 0.129. The van der Waals surface area contributed by atoms with Crippen molar-refractivity contribution in [2.24, 2.45) is 58.2 Å². The van der Waals surface area contributed by atoms with Crippen LogP contribution in [0.2, 0.25) is 0 Å². The van der Waals surface area contributed by atoms with Crippen LogP contribution in [0.3, 0.4) is 0 Å². The van der Waals surface area contributed by atoms with Crippen molar-refractivity contribution in [3.63, 3.8) is 0 Å². The molecule has 4 heterocycles. The Labute approximate surface area is 450 Å². The minimum atomic E-state index is -4.55. The standard InChI is InChI=1S/2C28H38F3NO5S/c2*1-14(9-20-13-38-17(4)32-20)22-8-7-19(28(29,30)31)10-18-11-21(18)15(2)25(35)16(3)26(36)27(5,6)23(33)12-24(34)37-22/h2*7,9,13,15-16,18,21-23,25,33,35H,8,10-12H2,1-6H3/b2*14-9+,19-7+/t15-,16+,18+,21-,22-,23-,25-;15-,16+,18-,21+,22-,23-,25-/m00/s1. The number of thiazole rings is 2. The Kier molecular flexibility index (Phi) is 20.6. The van der Waals surface area contributed by atoms with Crippen LogP contribution in [-0.4, -0.2) is 103 Å². The number of ether oxygens (including phenoxy) is 2. The van der Waals surface area contributed by atoms with Gasteiger partial charge in [-0.15, -0.1) is 22.7 Å². The molecule has 0 saturated heterocycles. The molecule has 424 valence electrons. The Balaban J connectivity index is 0.000000281. The molecule has 6 rings (SSSR count). The summed E-state index contributed by atoms with van der Waals surface area (Å²) in [5, 5.41) is 48.7. The number of esters is 2. The van der Waals surface area contributed by atoms with Crippen LogP contribution in [0, 0.1) is 72.0 Å². The van der Waals surface area contributed by atoms with Crippen molar-refractivity contribution in [1.29, 1.82) is 0 Å². The minimum Gasteiger partial charge on any atom is -0.457 e. The van der Waals surface area contributed by atoms with Gasteiger partial charge in [-0.25, -0.2) is 9.97 Å². The summed E-state index contributed by atoms with van der Waals surface area (Å²) in [6.45, 7) is 19.7. The molecule has 0 aromatic carbocycles. The molecule has 12 nitrogen and oxygen atoms in total. The Morgan fingerprint density at radius 1 is 0.605 bits per heavy atom. The molecule has 0 spiro atoms. The molecule has 2 saturated carbocycles. The number of aryl methyl sites for hydroxylation is 2. The van der Waals surface area contributed by atoms with Crippen molar-refractivity contribution in [2.45, 2.75) is 183 Å². The summed E-state index contributed by atoms with van der Waals surface area (Å²) in [5.74, 6) is -5.81. The molecular weight excluding hydrogens is 1040 g/mol. The molecule has 20 heteroatoms. The molecule has 4 aliphatic rings. The van der Waals surface area contributed by atoms with Gasteiger partial charge in [-0.1, -0.05) is 67.5 Å². The van der Waals surface area contributed by atoms with E-state index in [0.717, 1.165) is 22.2 Å². The molecule has 2 aliphatic carbocycles. The zero-order valence-corrected chi connectivity index (χ0v) is 47.1. The third-order valence-electron chi connectivity index (χ3n) is 16.3. The number of carbonyl (C=O) groups excluding carboxylic acids is 4. The molecule has 4 N–H and O–H groups in total. The van der Waals surface area contributed by atoms with Gasteiger partial charge < -0.3 is 29.9 Å². The molecule has 2 fully saturated rings. The first-order valence-corrected chi connectivity index (χ1v) is 27.7. The van der Waals surface area contributed by atoms with E-state index >= 15 is 0 Å². The third-order valence-corrected chi connectivity index (χ3v) is 17.9. The zero-order chi connectivity index (χ0) is 57.2. The van der Waals surface area contributed by atoms with Gasteiger partial charge in [0.15, 0.2) is 0 Å². The van der Waals surface area contributed by atoms with E-state index in [1.165, 1.54) is 50.4 Å². The van der Waals surface area contributed by atoms with E-state index in [9.17, 15) is 65.9 Å². The summed E-state index contributed by atoms with van der Waals surface area (Å²) in [5.41, 5.74) is -1.82. The SMILES string of the molecule is C/C(=C\c1csc(C)n1)[C@@H]1C/C=C(/C(F)(F)F)C[C@@H]2C[C@H]2[C@H](C)[C@H](O)[C@@H](C)C(=O)C(C)(C)[C@@H](O)CC(=O)O1.C/C(=C\c1csc(C)n1)[C@@H]1C/C=C(/C(F)(F)F)C[C@H]2C[C@@H]2[C@H](C)[C@H](O)[C@@H](C)C(=O)C(C)(C)[C@@H](O)CC(=O)O1. The number of alkyl halides is 6. The summed E-state index contributed by atoms with van der Waals surface area (Å²) < 4.78 is 95.0. The number of carbonyl (C=O) groups is 4. The molecular formula is C56H76F6N2O10S2. The molecule has 76 heavy (non-hydrogen) atoms. The molecule has 0 bridgehead atoms. The number of ketones is 2. The maximum absolute atomic E-state index is 14.0. The van der Waals surface area contributed by atoms with E-state index < -0.39 is 131 Å². The number of cyclic esters (lactones) is 2. The van der Waals surface area contributed by atoms with Crippen LogP contribution >= 0.6 is 22.7 Å².